The first-order valence-corrected chi connectivity index (χ1v) is 8.44. The molecule has 2 fully saturated rings. The van der Waals surface area contributed by atoms with Crippen LogP contribution in [0.1, 0.15) is 25.3 Å². The van der Waals surface area contributed by atoms with Gasteiger partial charge in [-0.1, -0.05) is 18.2 Å². The molecule has 2 atom stereocenters. The van der Waals surface area contributed by atoms with Gasteiger partial charge in [0, 0.05) is 24.4 Å². The van der Waals surface area contributed by atoms with E-state index in [9.17, 15) is 9.59 Å². The number of nitrogens with zero attached hydrogens (tertiary/aromatic N) is 2. The highest BCUT2D eigenvalue weighted by Crippen LogP contribution is 2.48. The van der Waals surface area contributed by atoms with Crippen molar-refractivity contribution in [2.24, 2.45) is 0 Å². The number of thioether (sulfide) groups is 1. The maximum absolute atomic E-state index is 13.0. The molecule has 3 heterocycles. The Labute approximate surface area is 128 Å². The zero-order chi connectivity index (χ0) is 14.6. The lowest BCUT2D eigenvalue weighted by atomic mass is 10.1. The van der Waals surface area contributed by atoms with Crippen LogP contribution in [-0.4, -0.2) is 39.9 Å². The lowest BCUT2D eigenvalue weighted by Gasteiger charge is -2.32. The second-order valence-corrected chi connectivity index (χ2v) is 7.64. The molecule has 0 aliphatic carbocycles. The molecule has 0 saturated carbocycles. The third-order valence-corrected chi connectivity index (χ3v) is 6.39. The summed E-state index contributed by atoms with van der Waals surface area (Å²) in [6.45, 7) is 2.83. The molecule has 5 heteroatoms. The van der Waals surface area contributed by atoms with Gasteiger partial charge in [0.15, 0.2) is 0 Å². The highest BCUT2D eigenvalue weighted by atomic mass is 32.2. The summed E-state index contributed by atoms with van der Waals surface area (Å²) in [4.78, 5) is 28.7. The average Bonchev–Trinajstić information content (AvgIpc) is 3.13. The number of fused-ring (bicyclic) bond motifs is 2. The van der Waals surface area contributed by atoms with Crippen LogP contribution in [-0.2, 0) is 16.0 Å². The number of para-hydroxylation sites is 1. The van der Waals surface area contributed by atoms with Gasteiger partial charge in [-0.15, -0.1) is 11.8 Å². The van der Waals surface area contributed by atoms with Gasteiger partial charge < -0.3 is 9.80 Å². The number of rotatable bonds is 1. The van der Waals surface area contributed by atoms with Crippen molar-refractivity contribution in [3.05, 3.63) is 29.8 Å². The monoisotopic (exact) mass is 302 g/mol. The molecular formula is C16H18N2O2S. The summed E-state index contributed by atoms with van der Waals surface area (Å²) in [6, 6.07) is 7.78. The predicted molar refractivity (Wildman–Crippen MR) is 83.2 cm³/mol. The van der Waals surface area contributed by atoms with Crippen molar-refractivity contribution >= 4 is 29.3 Å². The van der Waals surface area contributed by atoms with Gasteiger partial charge in [0.05, 0.1) is 4.87 Å². The van der Waals surface area contributed by atoms with Crippen LogP contribution in [0.5, 0.6) is 0 Å². The van der Waals surface area contributed by atoms with Crippen molar-refractivity contribution in [3.8, 4) is 0 Å². The standard InChI is InChI=1S/C16H18N2O2S/c1-16-8-6-14(19)18(16)13(10-21-16)15(20)17-9-7-11-4-2-3-5-12(11)17/h2-5,13H,6-10H2,1H3. The first-order valence-electron chi connectivity index (χ1n) is 7.45. The Bertz CT molecular complexity index is 632. The van der Waals surface area contributed by atoms with Crippen LogP contribution in [0.25, 0.3) is 0 Å². The molecular weight excluding hydrogens is 284 g/mol. The van der Waals surface area contributed by atoms with Gasteiger partial charge in [-0.25, -0.2) is 0 Å². The van der Waals surface area contributed by atoms with E-state index >= 15 is 0 Å². The van der Waals surface area contributed by atoms with Crippen LogP contribution in [0.15, 0.2) is 24.3 Å². The van der Waals surface area contributed by atoms with Crippen molar-refractivity contribution in [1.82, 2.24) is 4.90 Å². The van der Waals surface area contributed by atoms with Gasteiger partial charge >= 0.3 is 0 Å². The van der Waals surface area contributed by atoms with Crippen LogP contribution in [0.4, 0.5) is 5.69 Å². The van der Waals surface area contributed by atoms with Crippen molar-refractivity contribution in [2.45, 2.75) is 37.1 Å². The highest BCUT2D eigenvalue weighted by molar-refractivity contribution is 8.01. The summed E-state index contributed by atoms with van der Waals surface area (Å²) in [7, 11) is 0. The van der Waals surface area contributed by atoms with Crippen LogP contribution >= 0.6 is 11.8 Å². The Morgan fingerprint density at radius 1 is 1.33 bits per heavy atom. The second-order valence-electron chi connectivity index (χ2n) is 6.13. The van der Waals surface area contributed by atoms with Crippen molar-refractivity contribution < 1.29 is 9.59 Å². The summed E-state index contributed by atoms with van der Waals surface area (Å²) < 4.78 is 0. The normalized spacial score (nSPS) is 30.7. The van der Waals surface area contributed by atoms with E-state index in [2.05, 4.69) is 13.0 Å². The van der Waals surface area contributed by atoms with Crippen LogP contribution < -0.4 is 4.90 Å². The highest BCUT2D eigenvalue weighted by Gasteiger charge is 2.53. The number of hydrogen-bond donors (Lipinski definition) is 0. The third-order valence-electron chi connectivity index (χ3n) is 4.88. The lowest BCUT2D eigenvalue weighted by Crippen LogP contribution is -2.51. The molecule has 3 aliphatic heterocycles. The molecule has 2 saturated heterocycles. The average molecular weight is 302 g/mol. The molecule has 1 aromatic rings. The molecule has 2 unspecified atom stereocenters. The molecule has 4 nitrogen and oxygen atoms in total. The number of anilines is 1. The SMILES string of the molecule is CC12CCC(=O)N1C(C(=O)N1CCc3ccccc31)CS2. The van der Waals surface area contributed by atoms with Crippen molar-refractivity contribution in [1.29, 1.82) is 0 Å². The van der Waals surface area contributed by atoms with Gasteiger partial charge in [0.25, 0.3) is 5.91 Å². The molecule has 0 radical (unpaired) electrons. The van der Waals surface area contributed by atoms with Crippen LogP contribution in [0, 0.1) is 0 Å². The fourth-order valence-electron chi connectivity index (χ4n) is 3.75. The number of amides is 2. The van der Waals surface area contributed by atoms with Crippen molar-refractivity contribution in [3.63, 3.8) is 0 Å². The van der Waals surface area contributed by atoms with E-state index in [1.165, 1.54) is 5.56 Å². The van der Waals surface area contributed by atoms with E-state index in [1.54, 1.807) is 11.8 Å². The predicted octanol–water partition coefficient (Wildman–Crippen LogP) is 2.03. The van der Waals surface area contributed by atoms with E-state index < -0.39 is 0 Å². The second kappa shape index (κ2) is 4.50. The zero-order valence-electron chi connectivity index (χ0n) is 12.0. The Morgan fingerprint density at radius 3 is 3.00 bits per heavy atom. The van der Waals surface area contributed by atoms with Gasteiger partial charge in [0.2, 0.25) is 5.91 Å². The molecule has 1 aromatic carbocycles. The van der Waals surface area contributed by atoms with E-state index in [-0.39, 0.29) is 22.7 Å². The molecule has 2 amide bonds. The largest absolute Gasteiger partial charge is 0.315 e. The maximum atomic E-state index is 13.0. The molecule has 4 rings (SSSR count). The molecule has 0 aromatic heterocycles. The molecule has 0 bridgehead atoms. The van der Waals surface area contributed by atoms with Crippen LogP contribution in [0.2, 0.25) is 0 Å². The van der Waals surface area contributed by atoms with Gasteiger partial charge in [-0.05, 0) is 31.4 Å². The number of hydrogen-bond acceptors (Lipinski definition) is 3. The summed E-state index contributed by atoms with van der Waals surface area (Å²) in [6.07, 6.45) is 2.34. The molecule has 0 spiro atoms. The summed E-state index contributed by atoms with van der Waals surface area (Å²) in [5.41, 5.74) is 2.25. The van der Waals surface area contributed by atoms with Gasteiger partial charge in [-0.3, -0.25) is 9.59 Å². The minimum absolute atomic E-state index is 0.0893. The molecule has 3 aliphatic rings. The fraction of sp³-hybridized carbons (Fsp3) is 0.500. The van der Waals surface area contributed by atoms with E-state index in [0.29, 0.717) is 6.42 Å². The maximum Gasteiger partial charge on any atom is 0.250 e. The smallest absolute Gasteiger partial charge is 0.250 e. The minimum Gasteiger partial charge on any atom is -0.315 e. The zero-order valence-corrected chi connectivity index (χ0v) is 12.9. The third kappa shape index (κ3) is 1.83. The Kier molecular flexibility index (Phi) is 2.83. The van der Waals surface area contributed by atoms with Crippen LogP contribution in [0.3, 0.4) is 0 Å². The van der Waals surface area contributed by atoms with Crippen molar-refractivity contribution in [2.75, 3.05) is 17.2 Å². The fourth-order valence-corrected chi connectivity index (χ4v) is 5.17. The summed E-state index contributed by atoms with van der Waals surface area (Å²) in [5, 5.41) is 0. The Morgan fingerprint density at radius 2 is 2.14 bits per heavy atom. The molecule has 21 heavy (non-hydrogen) atoms. The molecule has 110 valence electrons. The molecule has 0 N–H and O–H groups in total. The first kappa shape index (κ1) is 13.2. The quantitative estimate of drug-likeness (QED) is 0.797. The first-order chi connectivity index (χ1) is 10.1. The number of carbonyl (C=O) groups excluding carboxylic acids is 2. The number of benzene rings is 1. The van der Waals surface area contributed by atoms with E-state index in [0.717, 1.165) is 30.8 Å². The summed E-state index contributed by atoms with van der Waals surface area (Å²) >= 11 is 1.75. The van der Waals surface area contributed by atoms with E-state index in [4.69, 9.17) is 0 Å². The topological polar surface area (TPSA) is 40.6 Å². The Balaban J connectivity index is 1.63. The minimum atomic E-state index is -0.291. The number of carbonyl (C=O) groups is 2. The summed E-state index contributed by atoms with van der Waals surface area (Å²) in [5.74, 6) is 0.944. The van der Waals surface area contributed by atoms with E-state index in [1.807, 2.05) is 28.0 Å². The lowest BCUT2D eigenvalue weighted by molar-refractivity contribution is -0.136. The van der Waals surface area contributed by atoms with Gasteiger partial charge in [0.1, 0.15) is 6.04 Å². The van der Waals surface area contributed by atoms with Gasteiger partial charge in [-0.2, -0.15) is 0 Å². The Hall–Kier alpha value is -1.49.